The Labute approximate surface area is 252 Å². The SMILES string of the molecule is CC(C)(O)C#Cc1cccc(-c2nc(C(=O)NCCCN3CCOCC3)cc3c2[C@@H](CCO)N(S(=O)C(C)(C)C)C3)c1. The topological polar surface area (TPSA) is 115 Å². The summed E-state index contributed by atoms with van der Waals surface area (Å²) in [6.45, 7) is 14.1. The van der Waals surface area contributed by atoms with Crippen molar-refractivity contribution in [2.24, 2.45) is 0 Å². The number of aromatic nitrogens is 1. The van der Waals surface area contributed by atoms with Crippen LogP contribution < -0.4 is 5.32 Å². The largest absolute Gasteiger partial charge is 0.396 e. The summed E-state index contributed by atoms with van der Waals surface area (Å²) < 4.78 is 20.4. The van der Waals surface area contributed by atoms with Crippen LogP contribution in [0, 0.1) is 11.8 Å². The van der Waals surface area contributed by atoms with Gasteiger partial charge in [0, 0.05) is 49.5 Å². The second-order valence-electron chi connectivity index (χ2n) is 12.3. The summed E-state index contributed by atoms with van der Waals surface area (Å²) in [7, 11) is -1.35. The third kappa shape index (κ3) is 8.25. The molecule has 3 N–H and O–H groups in total. The van der Waals surface area contributed by atoms with E-state index in [0.717, 1.165) is 56.0 Å². The summed E-state index contributed by atoms with van der Waals surface area (Å²) in [5.74, 6) is 5.62. The van der Waals surface area contributed by atoms with Crippen LogP contribution >= 0.6 is 0 Å². The molecule has 42 heavy (non-hydrogen) atoms. The van der Waals surface area contributed by atoms with Crippen LogP contribution in [0.2, 0.25) is 0 Å². The van der Waals surface area contributed by atoms with Crippen molar-refractivity contribution in [1.29, 1.82) is 0 Å². The minimum absolute atomic E-state index is 0.0795. The predicted molar refractivity (Wildman–Crippen MR) is 165 cm³/mol. The Morgan fingerprint density at radius 3 is 2.60 bits per heavy atom. The quantitative estimate of drug-likeness (QED) is 0.301. The molecule has 228 valence electrons. The van der Waals surface area contributed by atoms with E-state index in [4.69, 9.17) is 9.72 Å². The number of aliphatic hydroxyl groups is 2. The fourth-order valence-electron chi connectivity index (χ4n) is 5.19. The van der Waals surface area contributed by atoms with E-state index < -0.39 is 21.3 Å². The molecule has 2 aliphatic heterocycles. The Balaban J connectivity index is 1.69. The minimum atomic E-state index is -1.35. The van der Waals surface area contributed by atoms with Gasteiger partial charge in [0.1, 0.15) is 22.3 Å². The predicted octanol–water partition coefficient (Wildman–Crippen LogP) is 3.02. The number of carbonyl (C=O) groups is 1. The maximum atomic E-state index is 13.6. The van der Waals surface area contributed by atoms with Gasteiger partial charge in [-0.25, -0.2) is 13.5 Å². The zero-order valence-electron chi connectivity index (χ0n) is 25.4. The van der Waals surface area contributed by atoms with Gasteiger partial charge in [-0.2, -0.15) is 0 Å². The lowest BCUT2D eigenvalue weighted by molar-refractivity contribution is 0.0374. The number of morpholine rings is 1. The summed E-state index contributed by atoms with van der Waals surface area (Å²) in [6, 6.07) is 9.02. The molecule has 1 aromatic carbocycles. The third-order valence-corrected chi connectivity index (χ3v) is 9.07. The number of ether oxygens (including phenoxy) is 1. The van der Waals surface area contributed by atoms with E-state index in [-0.39, 0.29) is 18.6 Å². The minimum Gasteiger partial charge on any atom is -0.396 e. The normalized spacial score (nSPS) is 18.7. The van der Waals surface area contributed by atoms with Gasteiger partial charge in [0.15, 0.2) is 0 Å². The Bertz CT molecular complexity index is 1350. The summed E-state index contributed by atoms with van der Waals surface area (Å²) in [5, 5.41) is 23.1. The van der Waals surface area contributed by atoms with Crippen molar-refractivity contribution in [2.75, 3.05) is 46.0 Å². The van der Waals surface area contributed by atoms with Crippen LogP contribution in [-0.2, 0) is 22.3 Å². The molecule has 9 nitrogen and oxygen atoms in total. The second-order valence-corrected chi connectivity index (χ2v) is 14.5. The fraction of sp³-hybridized carbons (Fsp3) is 0.562. The molecule has 3 heterocycles. The summed E-state index contributed by atoms with van der Waals surface area (Å²) in [4.78, 5) is 20.6. The number of benzene rings is 1. The number of carbonyl (C=O) groups excluding carboxylic acids is 1. The number of hydrogen-bond acceptors (Lipinski definition) is 7. The number of nitrogens with zero attached hydrogens (tertiary/aromatic N) is 3. The van der Waals surface area contributed by atoms with Crippen molar-refractivity contribution in [3.63, 3.8) is 0 Å². The van der Waals surface area contributed by atoms with E-state index >= 15 is 0 Å². The molecule has 2 aromatic rings. The maximum Gasteiger partial charge on any atom is 0.269 e. The molecule has 10 heteroatoms. The van der Waals surface area contributed by atoms with Crippen LogP contribution in [0.15, 0.2) is 30.3 Å². The highest BCUT2D eigenvalue weighted by atomic mass is 32.2. The molecule has 1 saturated heterocycles. The van der Waals surface area contributed by atoms with E-state index in [2.05, 4.69) is 22.1 Å². The van der Waals surface area contributed by atoms with Crippen LogP contribution in [-0.4, -0.2) is 90.9 Å². The Morgan fingerprint density at radius 2 is 1.93 bits per heavy atom. The summed E-state index contributed by atoms with van der Waals surface area (Å²) >= 11 is 0. The first-order chi connectivity index (χ1) is 19.9. The van der Waals surface area contributed by atoms with Crippen molar-refractivity contribution >= 4 is 16.9 Å². The van der Waals surface area contributed by atoms with Crippen molar-refractivity contribution < 1.29 is 24.0 Å². The molecule has 0 saturated carbocycles. The highest BCUT2D eigenvalue weighted by molar-refractivity contribution is 7.84. The highest BCUT2D eigenvalue weighted by Gasteiger charge is 2.40. The van der Waals surface area contributed by atoms with Crippen LogP contribution in [0.1, 0.15) is 80.7 Å². The molecule has 0 bridgehead atoms. The van der Waals surface area contributed by atoms with Gasteiger partial charge in [-0.15, -0.1) is 0 Å². The molecule has 1 amide bonds. The Kier molecular flexibility index (Phi) is 10.6. The highest BCUT2D eigenvalue weighted by Crippen LogP contribution is 2.44. The van der Waals surface area contributed by atoms with Gasteiger partial charge in [-0.1, -0.05) is 24.0 Å². The maximum absolute atomic E-state index is 13.6. The van der Waals surface area contributed by atoms with Crippen molar-refractivity contribution in [3.05, 3.63) is 52.7 Å². The van der Waals surface area contributed by atoms with Crippen LogP contribution in [0.3, 0.4) is 0 Å². The molecule has 2 atom stereocenters. The van der Waals surface area contributed by atoms with Crippen molar-refractivity contribution in [1.82, 2.24) is 19.5 Å². The van der Waals surface area contributed by atoms with Gasteiger partial charge < -0.3 is 20.3 Å². The Hall–Kier alpha value is -2.65. The zero-order chi connectivity index (χ0) is 30.5. The van der Waals surface area contributed by atoms with E-state index in [1.54, 1.807) is 19.9 Å². The van der Waals surface area contributed by atoms with Crippen LogP contribution in [0.5, 0.6) is 0 Å². The van der Waals surface area contributed by atoms with E-state index in [9.17, 15) is 19.2 Å². The standard InChI is InChI=1S/C32H44N4O5S/c1-31(2,3)42(40)36-22-25-21-26(30(38)33-13-7-14-35-15-18-41-19-16-35)34-29(28(25)27(36)11-17-37)24-9-6-8-23(20-24)10-12-32(4,5)39/h6,8-9,20-21,27,37,39H,7,11,13-19,22H2,1-5H3,(H,33,38)/t27-,42?/m1/s1. The molecule has 1 unspecified atom stereocenters. The number of fused-ring (bicyclic) bond motifs is 1. The first-order valence-corrected chi connectivity index (χ1v) is 15.8. The van der Waals surface area contributed by atoms with Gasteiger partial charge in [-0.3, -0.25) is 9.69 Å². The molecule has 1 fully saturated rings. The number of aliphatic hydroxyl groups excluding tert-OH is 1. The number of pyridine rings is 1. The zero-order valence-corrected chi connectivity index (χ0v) is 26.2. The summed E-state index contributed by atoms with van der Waals surface area (Å²) in [5.41, 5.74) is 3.00. The van der Waals surface area contributed by atoms with Gasteiger partial charge in [-0.05, 0) is 77.8 Å². The van der Waals surface area contributed by atoms with E-state index in [0.29, 0.717) is 36.5 Å². The smallest absolute Gasteiger partial charge is 0.269 e. The third-order valence-electron chi connectivity index (χ3n) is 7.21. The number of nitrogens with one attached hydrogen (secondary N) is 1. The first kappa shape index (κ1) is 32.3. The van der Waals surface area contributed by atoms with Crippen LogP contribution in [0.4, 0.5) is 0 Å². The first-order valence-electron chi connectivity index (χ1n) is 14.6. The molecule has 0 spiro atoms. The van der Waals surface area contributed by atoms with Gasteiger partial charge in [0.2, 0.25) is 0 Å². The molecular weight excluding hydrogens is 552 g/mol. The van der Waals surface area contributed by atoms with Crippen LogP contribution in [0.25, 0.3) is 11.3 Å². The molecule has 0 aliphatic carbocycles. The second kappa shape index (κ2) is 13.8. The molecule has 1 aromatic heterocycles. The van der Waals surface area contributed by atoms with Gasteiger partial charge >= 0.3 is 0 Å². The summed E-state index contributed by atoms with van der Waals surface area (Å²) in [6.07, 6.45) is 1.21. The molecular formula is C32H44N4O5S. The monoisotopic (exact) mass is 596 g/mol. The fourth-order valence-corrected chi connectivity index (χ4v) is 6.60. The molecule has 0 radical (unpaired) electrons. The Morgan fingerprint density at radius 1 is 1.19 bits per heavy atom. The van der Waals surface area contributed by atoms with Gasteiger partial charge in [0.05, 0.1) is 29.7 Å². The lowest BCUT2D eigenvalue weighted by atomic mass is 9.95. The number of hydrogen-bond donors (Lipinski definition) is 3. The molecule has 4 rings (SSSR count). The lowest BCUT2D eigenvalue weighted by Crippen LogP contribution is -2.38. The van der Waals surface area contributed by atoms with Crippen molar-refractivity contribution in [3.8, 4) is 23.1 Å². The van der Waals surface area contributed by atoms with E-state index in [1.807, 2.05) is 49.3 Å². The lowest BCUT2D eigenvalue weighted by Gasteiger charge is -2.30. The average Bonchev–Trinajstić information content (AvgIpc) is 3.31. The molecule has 2 aliphatic rings. The van der Waals surface area contributed by atoms with Crippen molar-refractivity contribution in [2.45, 2.75) is 70.4 Å². The number of amides is 1. The van der Waals surface area contributed by atoms with Gasteiger partial charge in [0.25, 0.3) is 5.91 Å². The van der Waals surface area contributed by atoms with E-state index in [1.165, 1.54) is 0 Å². The number of rotatable bonds is 9. The average molecular weight is 597 g/mol.